The molecule has 1 aromatic rings. The van der Waals surface area contributed by atoms with Crippen LogP contribution in [-0.4, -0.2) is 34.1 Å². The Morgan fingerprint density at radius 2 is 2.31 bits per heavy atom. The fourth-order valence-electron chi connectivity index (χ4n) is 2.22. The van der Waals surface area contributed by atoms with Gasteiger partial charge >= 0.3 is 5.97 Å². The molecule has 1 saturated carbocycles. The van der Waals surface area contributed by atoms with Crippen LogP contribution in [0.25, 0.3) is 0 Å². The maximum Gasteiger partial charge on any atom is 0.335 e. The Hall–Kier alpha value is -1.36. The van der Waals surface area contributed by atoms with Gasteiger partial charge in [0.2, 0.25) is 0 Å². The van der Waals surface area contributed by atoms with Crippen molar-refractivity contribution in [3.63, 3.8) is 0 Å². The van der Waals surface area contributed by atoms with Crippen LogP contribution < -0.4 is 0 Å². The second kappa shape index (κ2) is 3.59. The van der Waals surface area contributed by atoms with E-state index in [9.17, 15) is 9.90 Å². The number of ether oxygens (including phenoxy) is 1. The predicted octanol–water partition coefficient (Wildman–Crippen LogP) is 0.294. The fraction of sp³-hybridized carbons (Fsp3) is 0.636. The third-order valence-electron chi connectivity index (χ3n) is 3.25. The van der Waals surface area contributed by atoms with Crippen LogP contribution >= 0.6 is 0 Å². The zero-order valence-electron chi connectivity index (χ0n) is 9.73. The van der Waals surface area contributed by atoms with Gasteiger partial charge < -0.3 is 9.84 Å². The molecule has 0 amide bonds. The number of aliphatic hydroxyl groups excluding tert-OH is 1. The topological polar surface area (TPSA) is 64.3 Å². The molecule has 0 radical (unpaired) electrons. The second-order valence-corrected chi connectivity index (χ2v) is 4.38. The van der Waals surface area contributed by atoms with Crippen molar-refractivity contribution in [3.8, 4) is 0 Å². The van der Waals surface area contributed by atoms with Crippen LogP contribution in [0.5, 0.6) is 0 Å². The molecule has 0 spiro atoms. The quantitative estimate of drug-likeness (QED) is 0.750. The van der Waals surface area contributed by atoms with E-state index in [1.807, 2.05) is 20.0 Å². The molecule has 0 saturated heterocycles. The average molecular weight is 224 g/mol. The molecule has 1 N–H and O–H groups in total. The van der Waals surface area contributed by atoms with Crippen molar-refractivity contribution >= 4 is 5.97 Å². The third-order valence-corrected chi connectivity index (χ3v) is 3.25. The first-order valence-corrected chi connectivity index (χ1v) is 5.28. The largest absolute Gasteiger partial charge is 0.467 e. The molecule has 88 valence electrons. The van der Waals surface area contributed by atoms with Crippen molar-refractivity contribution in [2.24, 2.45) is 7.05 Å². The summed E-state index contributed by atoms with van der Waals surface area (Å²) in [7, 11) is 3.11. The van der Waals surface area contributed by atoms with Gasteiger partial charge in [0.1, 0.15) is 0 Å². The Kier molecular flexibility index (Phi) is 2.50. The Balaban J connectivity index is 2.33. The van der Waals surface area contributed by atoms with Crippen molar-refractivity contribution in [1.82, 2.24) is 9.78 Å². The average Bonchev–Trinajstić information content (AvgIpc) is 2.98. The van der Waals surface area contributed by atoms with Crippen molar-refractivity contribution in [2.45, 2.75) is 31.3 Å². The maximum absolute atomic E-state index is 11.4. The summed E-state index contributed by atoms with van der Waals surface area (Å²) in [4.78, 5) is 11.4. The number of aliphatic hydroxyl groups is 1. The first-order chi connectivity index (χ1) is 7.51. The van der Waals surface area contributed by atoms with E-state index in [1.54, 1.807) is 4.68 Å². The minimum absolute atomic E-state index is 0.483. The van der Waals surface area contributed by atoms with E-state index in [0.717, 1.165) is 24.2 Å². The first-order valence-electron chi connectivity index (χ1n) is 5.28. The van der Waals surface area contributed by atoms with Crippen LogP contribution in [0, 0.1) is 6.92 Å². The summed E-state index contributed by atoms with van der Waals surface area (Å²) in [5.74, 6) is -0.573. The lowest BCUT2D eigenvalue weighted by molar-refractivity contribution is -0.152. The van der Waals surface area contributed by atoms with E-state index in [-0.39, 0.29) is 0 Å². The van der Waals surface area contributed by atoms with Gasteiger partial charge in [-0.1, -0.05) is 0 Å². The van der Waals surface area contributed by atoms with E-state index < -0.39 is 17.5 Å². The Bertz CT molecular complexity index is 421. The lowest BCUT2D eigenvalue weighted by Crippen LogP contribution is -2.36. The highest BCUT2D eigenvalue weighted by Crippen LogP contribution is 2.51. The number of aryl methyl sites for hydroxylation is 2. The highest BCUT2D eigenvalue weighted by molar-refractivity contribution is 5.77. The van der Waals surface area contributed by atoms with Crippen LogP contribution in [0.2, 0.25) is 0 Å². The summed E-state index contributed by atoms with van der Waals surface area (Å²) in [5.41, 5.74) is 1.31. The van der Waals surface area contributed by atoms with Crippen molar-refractivity contribution in [3.05, 3.63) is 17.5 Å². The molecular weight excluding hydrogens is 208 g/mol. The van der Waals surface area contributed by atoms with E-state index in [2.05, 4.69) is 9.84 Å². The molecule has 0 aromatic carbocycles. The predicted molar refractivity (Wildman–Crippen MR) is 56.9 cm³/mol. The summed E-state index contributed by atoms with van der Waals surface area (Å²) in [6.07, 6.45) is 0.497. The van der Waals surface area contributed by atoms with E-state index in [1.165, 1.54) is 7.11 Å². The van der Waals surface area contributed by atoms with Crippen LogP contribution in [-0.2, 0) is 22.0 Å². The summed E-state index contributed by atoms with van der Waals surface area (Å²) in [6, 6.07) is 1.92. The molecule has 5 heteroatoms. The van der Waals surface area contributed by atoms with Gasteiger partial charge in [-0.2, -0.15) is 5.10 Å². The summed E-state index contributed by atoms with van der Waals surface area (Å²) in [5, 5.41) is 14.2. The van der Waals surface area contributed by atoms with Gasteiger partial charge in [0.25, 0.3) is 0 Å². The van der Waals surface area contributed by atoms with Gasteiger partial charge in [-0.25, -0.2) is 4.79 Å². The number of nitrogens with zero attached hydrogens (tertiary/aromatic N) is 2. The number of hydrogen-bond donors (Lipinski definition) is 1. The number of hydrogen-bond acceptors (Lipinski definition) is 4. The highest BCUT2D eigenvalue weighted by atomic mass is 16.5. The van der Waals surface area contributed by atoms with E-state index in [0.29, 0.717) is 0 Å². The summed E-state index contributed by atoms with van der Waals surface area (Å²) < 4.78 is 6.32. The van der Waals surface area contributed by atoms with Gasteiger partial charge in [0.15, 0.2) is 6.10 Å². The molecule has 1 aliphatic rings. The zero-order chi connectivity index (χ0) is 11.9. The summed E-state index contributed by atoms with van der Waals surface area (Å²) in [6.45, 7) is 1.89. The van der Waals surface area contributed by atoms with Crippen molar-refractivity contribution in [2.75, 3.05) is 7.11 Å². The van der Waals surface area contributed by atoms with Crippen LogP contribution in [0.3, 0.4) is 0 Å². The molecule has 1 unspecified atom stereocenters. The van der Waals surface area contributed by atoms with E-state index in [4.69, 9.17) is 0 Å². The van der Waals surface area contributed by atoms with Crippen LogP contribution in [0.4, 0.5) is 0 Å². The summed E-state index contributed by atoms with van der Waals surface area (Å²) >= 11 is 0. The second-order valence-electron chi connectivity index (χ2n) is 4.38. The lowest BCUT2D eigenvalue weighted by atomic mass is 9.94. The minimum atomic E-state index is -1.09. The normalized spacial score (nSPS) is 19.2. The zero-order valence-corrected chi connectivity index (χ0v) is 9.73. The van der Waals surface area contributed by atoms with Crippen molar-refractivity contribution in [1.29, 1.82) is 0 Å². The first kappa shape index (κ1) is 11.1. The van der Waals surface area contributed by atoms with E-state index >= 15 is 0 Å². The molecule has 1 atom stereocenters. The molecule has 5 nitrogen and oxygen atoms in total. The van der Waals surface area contributed by atoms with Gasteiger partial charge in [-0.3, -0.25) is 4.68 Å². The molecule has 1 aromatic heterocycles. The number of carbonyl (C=O) groups is 1. The molecule has 1 fully saturated rings. The maximum atomic E-state index is 11.4. The monoisotopic (exact) mass is 224 g/mol. The number of rotatable bonds is 3. The van der Waals surface area contributed by atoms with Crippen LogP contribution in [0.15, 0.2) is 6.07 Å². The Morgan fingerprint density at radius 3 is 2.69 bits per heavy atom. The standard InChI is InChI=1S/C11H16N2O3/c1-7-6-8(13(2)12-7)11(4-5-11)9(14)10(15)16-3/h6,9,14H,4-5H2,1-3H3. The molecular formula is C11H16N2O3. The fourth-order valence-corrected chi connectivity index (χ4v) is 2.22. The van der Waals surface area contributed by atoms with Gasteiger partial charge in [0.05, 0.1) is 12.8 Å². The number of aromatic nitrogens is 2. The minimum Gasteiger partial charge on any atom is -0.467 e. The SMILES string of the molecule is COC(=O)C(O)C1(c2cc(C)nn2C)CC1. The molecule has 16 heavy (non-hydrogen) atoms. The molecule has 2 rings (SSSR count). The van der Waals surface area contributed by atoms with Gasteiger partial charge in [0, 0.05) is 18.2 Å². The Morgan fingerprint density at radius 1 is 1.69 bits per heavy atom. The highest BCUT2D eigenvalue weighted by Gasteiger charge is 2.55. The Labute approximate surface area is 94.0 Å². The molecule has 0 aliphatic heterocycles. The number of methoxy groups -OCH3 is 1. The van der Waals surface area contributed by atoms with Gasteiger partial charge in [-0.05, 0) is 25.8 Å². The van der Waals surface area contributed by atoms with Crippen LogP contribution in [0.1, 0.15) is 24.2 Å². The lowest BCUT2D eigenvalue weighted by Gasteiger charge is -2.20. The number of esters is 1. The van der Waals surface area contributed by atoms with Gasteiger partial charge in [-0.15, -0.1) is 0 Å². The third kappa shape index (κ3) is 1.51. The van der Waals surface area contributed by atoms with Crippen molar-refractivity contribution < 1.29 is 14.6 Å². The molecule has 0 bridgehead atoms. The molecule has 1 heterocycles. The number of carbonyl (C=O) groups excluding carboxylic acids is 1. The smallest absolute Gasteiger partial charge is 0.335 e. The molecule has 1 aliphatic carbocycles.